The summed E-state index contributed by atoms with van der Waals surface area (Å²) in [6.07, 6.45) is 1.74. The maximum atomic E-state index is 11.4. The molecule has 0 radical (unpaired) electrons. The minimum atomic E-state index is -0.371. The second kappa shape index (κ2) is 4.87. The number of nitrogens with one attached hydrogen (secondary N) is 2. The fourth-order valence-electron chi connectivity index (χ4n) is 1.13. The molecule has 2 N–H and O–H groups in total. The van der Waals surface area contributed by atoms with Gasteiger partial charge in [-0.05, 0) is 12.1 Å². The minimum Gasteiger partial charge on any atom is -0.333 e. The zero-order valence-electron chi connectivity index (χ0n) is 9.34. The highest BCUT2D eigenvalue weighted by Gasteiger charge is 2.06. The summed E-state index contributed by atoms with van der Waals surface area (Å²) in [6, 6.07) is -0.371. The van der Waals surface area contributed by atoms with Crippen molar-refractivity contribution in [1.29, 1.82) is 0 Å². The van der Waals surface area contributed by atoms with Gasteiger partial charge in [-0.1, -0.05) is 5.10 Å². The Hall–Kier alpha value is -2.03. The van der Waals surface area contributed by atoms with Crippen LogP contribution < -0.4 is 10.6 Å². The molecule has 0 aliphatic rings. The van der Waals surface area contributed by atoms with Gasteiger partial charge in [-0.25, -0.2) is 9.78 Å². The molecule has 0 aliphatic carbocycles. The summed E-state index contributed by atoms with van der Waals surface area (Å²) < 4.78 is 0. The molecule has 0 atom stereocenters. The summed E-state index contributed by atoms with van der Waals surface area (Å²) in [4.78, 5) is 17.8. The van der Waals surface area contributed by atoms with Gasteiger partial charge in [0.1, 0.15) is 0 Å². The van der Waals surface area contributed by atoms with Crippen LogP contribution in [0.15, 0.2) is 6.20 Å². The van der Waals surface area contributed by atoms with Crippen LogP contribution in [0.3, 0.4) is 0 Å². The van der Waals surface area contributed by atoms with Gasteiger partial charge in [0.25, 0.3) is 5.95 Å². The topological polar surface area (TPSA) is 97.6 Å². The second-order valence-corrected chi connectivity index (χ2v) is 4.58. The molecule has 2 aromatic rings. The first-order valence-corrected chi connectivity index (χ1v) is 5.65. The lowest BCUT2D eigenvalue weighted by molar-refractivity contribution is 0.251. The summed E-state index contributed by atoms with van der Waals surface area (Å²) in [5.74, 6) is 0.172. The number of amides is 2. The van der Waals surface area contributed by atoms with Gasteiger partial charge in [-0.3, -0.25) is 5.32 Å². The number of tetrazole rings is 1. The van der Waals surface area contributed by atoms with Crippen LogP contribution >= 0.6 is 11.3 Å². The van der Waals surface area contributed by atoms with Gasteiger partial charge in [0.05, 0.1) is 18.6 Å². The Morgan fingerprint density at radius 2 is 2.41 bits per heavy atom. The first-order chi connectivity index (χ1) is 8.13. The molecule has 2 heterocycles. The first kappa shape index (κ1) is 11.5. The molecule has 0 fully saturated rings. The molecule has 2 rings (SSSR count). The molecule has 2 amide bonds. The summed E-state index contributed by atoms with van der Waals surface area (Å²) >= 11 is 1.54. The minimum absolute atomic E-state index is 0.172. The number of nitrogens with zero attached hydrogens (tertiary/aromatic N) is 5. The van der Waals surface area contributed by atoms with Crippen molar-refractivity contribution in [3.05, 3.63) is 16.1 Å². The zero-order valence-corrected chi connectivity index (χ0v) is 10.2. The van der Waals surface area contributed by atoms with Gasteiger partial charge in [0, 0.05) is 11.1 Å². The van der Waals surface area contributed by atoms with Crippen molar-refractivity contribution in [2.45, 2.75) is 13.5 Å². The van der Waals surface area contributed by atoms with Crippen LogP contribution in [0.2, 0.25) is 0 Å². The van der Waals surface area contributed by atoms with Crippen LogP contribution in [0.4, 0.5) is 10.7 Å². The smallest absolute Gasteiger partial charge is 0.321 e. The van der Waals surface area contributed by atoms with Crippen LogP contribution in [0.1, 0.15) is 9.88 Å². The highest BCUT2D eigenvalue weighted by Crippen LogP contribution is 2.10. The van der Waals surface area contributed by atoms with Crippen molar-refractivity contribution in [2.75, 3.05) is 5.32 Å². The molecule has 9 heteroatoms. The lowest BCUT2D eigenvalue weighted by atomic mass is 10.5. The molecule has 17 heavy (non-hydrogen) atoms. The molecule has 0 saturated heterocycles. The number of hydrogen-bond donors (Lipinski definition) is 2. The summed E-state index contributed by atoms with van der Waals surface area (Å²) in [5.41, 5.74) is 0. The maximum absolute atomic E-state index is 11.4. The molecular formula is C8H11N7OS. The van der Waals surface area contributed by atoms with Crippen LogP contribution in [-0.2, 0) is 13.6 Å². The summed E-state index contributed by atoms with van der Waals surface area (Å²) in [7, 11) is 1.62. The van der Waals surface area contributed by atoms with Gasteiger partial charge in [-0.2, -0.15) is 4.80 Å². The Morgan fingerprint density at radius 3 is 3.00 bits per heavy atom. The number of carbonyl (C=O) groups is 1. The summed E-state index contributed by atoms with van der Waals surface area (Å²) in [6.45, 7) is 2.34. The van der Waals surface area contributed by atoms with E-state index < -0.39 is 0 Å². The van der Waals surface area contributed by atoms with E-state index >= 15 is 0 Å². The fourth-order valence-corrected chi connectivity index (χ4v) is 1.87. The third-order valence-corrected chi connectivity index (χ3v) is 2.74. The number of urea groups is 1. The molecule has 90 valence electrons. The highest BCUT2D eigenvalue weighted by atomic mass is 32.1. The second-order valence-electron chi connectivity index (χ2n) is 3.26. The third kappa shape index (κ3) is 3.21. The Labute approximate surface area is 101 Å². The van der Waals surface area contributed by atoms with Gasteiger partial charge in [-0.15, -0.1) is 16.4 Å². The molecular weight excluding hydrogens is 242 g/mol. The van der Waals surface area contributed by atoms with E-state index in [1.165, 1.54) is 16.1 Å². The molecule has 0 unspecified atom stereocenters. The number of thiazole rings is 1. The Bertz CT molecular complexity index is 519. The van der Waals surface area contributed by atoms with E-state index in [0.717, 1.165) is 9.88 Å². The molecule has 0 bridgehead atoms. The molecule has 0 spiro atoms. The number of rotatable bonds is 3. The van der Waals surface area contributed by atoms with Gasteiger partial charge in [0.2, 0.25) is 0 Å². The van der Waals surface area contributed by atoms with Gasteiger partial charge in [0.15, 0.2) is 0 Å². The Balaban J connectivity index is 1.82. The van der Waals surface area contributed by atoms with E-state index in [0.29, 0.717) is 6.54 Å². The molecule has 0 aliphatic heterocycles. The number of carbonyl (C=O) groups excluding carboxylic acids is 1. The van der Waals surface area contributed by atoms with Crippen LogP contribution in [0.25, 0.3) is 0 Å². The van der Waals surface area contributed by atoms with E-state index in [1.807, 2.05) is 6.92 Å². The van der Waals surface area contributed by atoms with Crippen molar-refractivity contribution in [3.63, 3.8) is 0 Å². The van der Waals surface area contributed by atoms with Gasteiger partial charge >= 0.3 is 6.03 Å². The van der Waals surface area contributed by atoms with E-state index in [1.54, 1.807) is 13.2 Å². The Kier molecular flexibility index (Phi) is 3.28. The average Bonchev–Trinajstić information content (AvgIpc) is 2.85. The van der Waals surface area contributed by atoms with Crippen molar-refractivity contribution in [3.8, 4) is 0 Å². The zero-order chi connectivity index (χ0) is 12.3. The quantitative estimate of drug-likeness (QED) is 0.819. The third-order valence-electron chi connectivity index (χ3n) is 1.83. The lowest BCUT2D eigenvalue weighted by Crippen LogP contribution is -2.28. The maximum Gasteiger partial charge on any atom is 0.321 e. The monoisotopic (exact) mass is 253 g/mol. The molecule has 8 nitrogen and oxygen atoms in total. The predicted molar refractivity (Wildman–Crippen MR) is 61.5 cm³/mol. The molecule has 2 aromatic heterocycles. The molecule has 0 saturated carbocycles. The predicted octanol–water partition coefficient (Wildman–Crippen LogP) is 0.297. The van der Waals surface area contributed by atoms with Crippen molar-refractivity contribution in [1.82, 2.24) is 30.5 Å². The fraction of sp³-hybridized carbons (Fsp3) is 0.375. The van der Waals surface area contributed by atoms with Gasteiger partial charge < -0.3 is 5.32 Å². The average molecular weight is 253 g/mol. The van der Waals surface area contributed by atoms with E-state index in [-0.39, 0.29) is 12.0 Å². The number of anilines is 1. The van der Waals surface area contributed by atoms with Crippen LogP contribution in [0.5, 0.6) is 0 Å². The van der Waals surface area contributed by atoms with Crippen molar-refractivity contribution < 1.29 is 4.79 Å². The lowest BCUT2D eigenvalue weighted by Gasteiger charge is -2.01. The number of hydrogen-bond acceptors (Lipinski definition) is 6. The molecule has 0 aromatic carbocycles. The van der Waals surface area contributed by atoms with Crippen LogP contribution in [0, 0.1) is 6.92 Å². The Morgan fingerprint density at radius 1 is 1.59 bits per heavy atom. The highest BCUT2D eigenvalue weighted by molar-refractivity contribution is 7.11. The largest absolute Gasteiger partial charge is 0.333 e. The van der Waals surface area contributed by atoms with E-state index in [9.17, 15) is 4.79 Å². The normalized spacial score (nSPS) is 10.2. The number of aryl methyl sites for hydroxylation is 2. The number of aromatic nitrogens is 5. The standard InChI is InChI=1S/C8H11N7OS/c1-5-9-3-6(17-5)4-10-8(16)11-7-12-14-15(2)13-7/h3H,4H2,1-2H3,(H2,10,11,13,16). The van der Waals surface area contributed by atoms with Crippen molar-refractivity contribution >= 4 is 23.3 Å². The van der Waals surface area contributed by atoms with Crippen molar-refractivity contribution in [2.24, 2.45) is 7.05 Å². The first-order valence-electron chi connectivity index (χ1n) is 4.83. The van der Waals surface area contributed by atoms with E-state index in [4.69, 9.17) is 0 Å². The van der Waals surface area contributed by atoms with Crippen LogP contribution in [-0.4, -0.2) is 31.2 Å². The van der Waals surface area contributed by atoms with E-state index in [2.05, 4.69) is 31.0 Å². The summed E-state index contributed by atoms with van der Waals surface area (Å²) in [5, 5.41) is 17.2. The SMILES string of the molecule is Cc1ncc(CNC(=O)Nc2nnn(C)n2)s1.